The number of hydrogen-bond acceptors (Lipinski definition) is 7. The zero-order valence-corrected chi connectivity index (χ0v) is 23.6. The van der Waals surface area contributed by atoms with Crippen molar-refractivity contribution in [3.63, 3.8) is 0 Å². The molecule has 0 aliphatic rings. The van der Waals surface area contributed by atoms with Crippen LogP contribution in [0.15, 0.2) is 0 Å². The van der Waals surface area contributed by atoms with Crippen molar-refractivity contribution in [2.75, 3.05) is 26.4 Å². The monoisotopic (exact) mass is 537 g/mol. The van der Waals surface area contributed by atoms with E-state index < -0.39 is 26.5 Å². The van der Waals surface area contributed by atoms with Crippen LogP contribution >= 0.6 is 7.82 Å². The minimum absolute atomic E-state index is 0.0863. The Labute approximate surface area is 218 Å². The van der Waals surface area contributed by atoms with Gasteiger partial charge in [0.1, 0.15) is 12.7 Å². The van der Waals surface area contributed by atoms with Gasteiger partial charge in [-0.3, -0.25) is 18.6 Å². The Hall–Kier alpha value is -0.990. The fourth-order valence-corrected chi connectivity index (χ4v) is 4.37. The lowest BCUT2D eigenvalue weighted by Gasteiger charge is -2.15. The Bertz CT molecular complexity index is 590. The molecule has 0 aromatic rings. The summed E-state index contributed by atoms with van der Waals surface area (Å²) in [5.74, 6) is -0.535. The van der Waals surface area contributed by atoms with E-state index in [4.69, 9.17) is 13.8 Å². The quantitative estimate of drug-likeness (QED) is 0.0715. The molecule has 0 aliphatic carbocycles. The van der Waals surface area contributed by atoms with Crippen molar-refractivity contribution in [1.82, 2.24) is 5.32 Å². The third kappa shape index (κ3) is 24.7. The number of rotatable bonds is 26. The number of phosphoric ester groups is 1. The average molecular weight is 538 g/mol. The van der Waals surface area contributed by atoms with E-state index in [1.165, 1.54) is 51.4 Å². The van der Waals surface area contributed by atoms with Crippen molar-refractivity contribution in [2.45, 2.75) is 129 Å². The van der Waals surface area contributed by atoms with Gasteiger partial charge in [0.25, 0.3) is 0 Å². The number of nitrogens with one attached hydrogen (secondary N) is 1. The highest BCUT2D eigenvalue weighted by molar-refractivity contribution is 7.47. The molecule has 0 spiro atoms. The Morgan fingerprint density at radius 2 is 1.25 bits per heavy atom. The molecule has 0 aliphatic heterocycles. The number of carbonyl (C=O) groups is 2. The van der Waals surface area contributed by atoms with Crippen LogP contribution in [0.3, 0.4) is 0 Å². The zero-order chi connectivity index (χ0) is 26.9. The molecule has 0 fully saturated rings. The van der Waals surface area contributed by atoms with Gasteiger partial charge in [0.05, 0.1) is 13.2 Å². The molecule has 10 heteroatoms. The van der Waals surface area contributed by atoms with Gasteiger partial charge in [0.2, 0.25) is 5.91 Å². The van der Waals surface area contributed by atoms with Crippen LogP contribution in [-0.4, -0.2) is 54.3 Å². The fraction of sp³-hybridized carbons (Fsp3) is 0.923. The molecule has 2 unspecified atom stereocenters. The number of carbonyl (C=O) groups excluding carboxylic acids is 2. The highest BCUT2D eigenvalue weighted by Crippen LogP contribution is 2.42. The SMILES string of the molecule is CCCCCCCCCCCCCC(=O)NCCOP(=O)(O)OCC(O)COC(=O)CCCCCC. The van der Waals surface area contributed by atoms with Gasteiger partial charge in [-0.2, -0.15) is 0 Å². The molecule has 3 N–H and O–H groups in total. The minimum Gasteiger partial charge on any atom is -0.463 e. The number of unbranched alkanes of at least 4 members (excludes halogenated alkanes) is 13. The van der Waals surface area contributed by atoms with Gasteiger partial charge >= 0.3 is 13.8 Å². The van der Waals surface area contributed by atoms with E-state index in [-0.39, 0.29) is 32.1 Å². The van der Waals surface area contributed by atoms with E-state index in [0.29, 0.717) is 6.42 Å². The third-order valence-corrected chi connectivity index (χ3v) is 6.77. The van der Waals surface area contributed by atoms with Gasteiger partial charge in [-0.25, -0.2) is 4.57 Å². The first-order valence-electron chi connectivity index (χ1n) is 14.0. The number of hydrogen-bond donors (Lipinski definition) is 3. The van der Waals surface area contributed by atoms with Gasteiger partial charge in [-0.15, -0.1) is 0 Å². The van der Waals surface area contributed by atoms with Gasteiger partial charge in [0, 0.05) is 19.4 Å². The number of esters is 1. The summed E-state index contributed by atoms with van der Waals surface area (Å²) in [6.07, 6.45) is 16.7. The predicted molar refractivity (Wildman–Crippen MR) is 142 cm³/mol. The normalized spacial score (nSPS) is 13.8. The van der Waals surface area contributed by atoms with Crippen molar-refractivity contribution in [3.05, 3.63) is 0 Å². The van der Waals surface area contributed by atoms with Crippen LogP contribution in [0.25, 0.3) is 0 Å². The van der Waals surface area contributed by atoms with Crippen molar-refractivity contribution in [1.29, 1.82) is 0 Å². The molecule has 0 saturated heterocycles. The number of aliphatic hydroxyl groups is 1. The number of aliphatic hydroxyl groups excluding tert-OH is 1. The van der Waals surface area contributed by atoms with Crippen molar-refractivity contribution >= 4 is 19.7 Å². The van der Waals surface area contributed by atoms with Crippen LogP contribution in [0.5, 0.6) is 0 Å². The van der Waals surface area contributed by atoms with E-state index in [9.17, 15) is 24.2 Å². The molecule has 36 heavy (non-hydrogen) atoms. The second-order valence-electron chi connectivity index (χ2n) is 9.38. The molecule has 214 valence electrons. The lowest BCUT2D eigenvalue weighted by Crippen LogP contribution is -2.27. The van der Waals surface area contributed by atoms with E-state index in [0.717, 1.165) is 44.9 Å². The molecule has 1 amide bonds. The lowest BCUT2D eigenvalue weighted by molar-refractivity contribution is -0.147. The highest BCUT2D eigenvalue weighted by Gasteiger charge is 2.23. The molecule has 0 rings (SSSR count). The summed E-state index contributed by atoms with van der Waals surface area (Å²) in [6, 6.07) is 0. The molecule has 0 aromatic carbocycles. The third-order valence-electron chi connectivity index (χ3n) is 5.79. The molecule has 0 aromatic heterocycles. The van der Waals surface area contributed by atoms with E-state index in [1.54, 1.807) is 0 Å². The minimum atomic E-state index is -4.38. The summed E-state index contributed by atoms with van der Waals surface area (Å²) >= 11 is 0. The average Bonchev–Trinajstić information content (AvgIpc) is 2.85. The van der Waals surface area contributed by atoms with Crippen LogP contribution in [-0.2, 0) is 27.9 Å². The summed E-state index contributed by atoms with van der Waals surface area (Å²) in [5, 5.41) is 12.4. The van der Waals surface area contributed by atoms with Gasteiger partial charge < -0.3 is 20.1 Å². The first-order valence-corrected chi connectivity index (χ1v) is 15.5. The van der Waals surface area contributed by atoms with Crippen LogP contribution in [0.2, 0.25) is 0 Å². The van der Waals surface area contributed by atoms with Gasteiger partial charge in [-0.05, 0) is 12.8 Å². The Balaban J connectivity index is 3.65. The summed E-state index contributed by atoms with van der Waals surface area (Å²) in [7, 11) is -4.38. The first-order chi connectivity index (χ1) is 17.3. The second kappa shape index (κ2) is 24.4. The molecule has 9 nitrogen and oxygen atoms in total. The number of phosphoric acid groups is 1. The molecule has 2 atom stereocenters. The standard InChI is InChI=1S/C26H52NO8P/c1-3-5-7-9-10-11-12-13-14-15-16-18-25(29)27-20-21-34-36(31,32)35-23-24(28)22-33-26(30)19-17-8-6-4-2/h24,28H,3-23H2,1-2H3,(H,27,29)(H,31,32). The van der Waals surface area contributed by atoms with Crippen molar-refractivity contribution in [3.8, 4) is 0 Å². The van der Waals surface area contributed by atoms with Crippen LogP contribution in [0.4, 0.5) is 0 Å². The van der Waals surface area contributed by atoms with Crippen LogP contribution < -0.4 is 5.32 Å². The first kappa shape index (κ1) is 35.0. The maximum atomic E-state index is 11.9. The number of amides is 1. The van der Waals surface area contributed by atoms with Gasteiger partial charge in [-0.1, -0.05) is 97.3 Å². The van der Waals surface area contributed by atoms with Gasteiger partial charge in [0.15, 0.2) is 0 Å². The Kier molecular flexibility index (Phi) is 23.7. The Morgan fingerprint density at radius 3 is 1.83 bits per heavy atom. The molecule has 0 bridgehead atoms. The molecule has 0 heterocycles. The molecule has 0 radical (unpaired) electrons. The summed E-state index contributed by atoms with van der Waals surface area (Å²) < 4.78 is 26.3. The topological polar surface area (TPSA) is 131 Å². The van der Waals surface area contributed by atoms with E-state index in [1.807, 2.05) is 0 Å². The number of ether oxygens (including phenoxy) is 1. The summed E-state index contributed by atoms with van der Waals surface area (Å²) in [6.45, 7) is 3.37. The Morgan fingerprint density at radius 1 is 0.750 bits per heavy atom. The fourth-order valence-electron chi connectivity index (χ4n) is 3.61. The zero-order valence-electron chi connectivity index (χ0n) is 22.7. The summed E-state index contributed by atoms with van der Waals surface area (Å²) in [4.78, 5) is 33.1. The highest BCUT2D eigenvalue weighted by atomic mass is 31.2. The molecular weight excluding hydrogens is 485 g/mol. The summed E-state index contributed by atoms with van der Waals surface area (Å²) in [5.41, 5.74) is 0. The largest absolute Gasteiger partial charge is 0.472 e. The van der Waals surface area contributed by atoms with E-state index in [2.05, 4.69) is 19.2 Å². The van der Waals surface area contributed by atoms with Crippen LogP contribution in [0.1, 0.15) is 123 Å². The van der Waals surface area contributed by atoms with E-state index >= 15 is 0 Å². The lowest BCUT2D eigenvalue weighted by atomic mass is 10.1. The smallest absolute Gasteiger partial charge is 0.463 e. The molecule has 0 saturated carbocycles. The second-order valence-corrected chi connectivity index (χ2v) is 10.8. The molecular formula is C26H52NO8P. The predicted octanol–water partition coefficient (Wildman–Crippen LogP) is 5.81. The van der Waals surface area contributed by atoms with Crippen LogP contribution in [0, 0.1) is 0 Å². The van der Waals surface area contributed by atoms with Crippen molar-refractivity contribution in [2.24, 2.45) is 0 Å². The maximum absolute atomic E-state index is 11.9. The van der Waals surface area contributed by atoms with Crippen molar-refractivity contribution < 1.29 is 37.9 Å². The maximum Gasteiger partial charge on any atom is 0.472 e.